The molecular formula is C22H27NO3. The quantitative estimate of drug-likeness (QED) is 0.795. The second kappa shape index (κ2) is 8.97. The first kappa shape index (κ1) is 18.6. The number of carbonyl (C=O) groups is 1. The van der Waals surface area contributed by atoms with Crippen LogP contribution in [0.1, 0.15) is 53.6 Å². The van der Waals surface area contributed by atoms with E-state index in [2.05, 4.69) is 5.32 Å². The smallest absolute Gasteiger partial charge is 0.251 e. The minimum Gasteiger partial charge on any atom is -0.394 e. The van der Waals surface area contributed by atoms with Crippen LogP contribution in [-0.2, 0) is 18.0 Å². The van der Waals surface area contributed by atoms with E-state index in [1.807, 2.05) is 54.6 Å². The summed E-state index contributed by atoms with van der Waals surface area (Å²) in [6.45, 7) is 1.09. The van der Waals surface area contributed by atoms with E-state index >= 15 is 0 Å². The van der Waals surface area contributed by atoms with Crippen molar-refractivity contribution in [3.63, 3.8) is 0 Å². The standard InChI is InChI=1S/C22H27NO3/c24-17-22(13-5-2-6-14-22)23-21(25)20-11-9-19(10-12-20)16-26-15-18-7-3-1-4-8-18/h1,3-4,7-12,24H,2,5-6,13-17H2,(H,23,25). The number of benzene rings is 2. The molecule has 0 bridgehead atoms. The van der Waals surface area contributed by atoms with E-state index < -0.39 is 5.54 Å². The molecule has 1 fully saturated rings. The molecule has 0 radical (unpaired) electrons. The summed E-state index contributed by atoms with van der Waals surface area (Å²) in [4.78, 5) is 12.5. The van der Waals surface area contributed by atoms with Gasteiger partial charge in [-0.2, -0.15) is 0 Å². The maximum Gasteiger partial charge on any atom is 0.251 e. The highest BCUT2D eigenvalue weighted by atomic mass is 16.5. The number of aliphatic hydroxyl groups is 1. The number of nitrogens with one attached hydrogen (secondary N) is 1. The first-order valence-corrected chi connectivity index (χ1v) is 9.35. The molecule has 138 valence electrons. The fourth-order valence-electron chi connectivity index (χ4n) is 3.48. The number of hydrogen-bond acceptors (Lipinski definition) is 3. The zero-order valence-corrected chi connectivity index (χ0v) is 15.1. The summed E-state index contributed by atoms with van der Waals surface area (Å²) >= 11 is 0. The molecule has 0 aromatic heterocycles. The lowest BCUT2D eigenvalue weighted by atomic mass is 9.82. The third kappa shape index (κ3) is 4.93. The highest BCUT2D eigenvalue weighted by molar-refractivity contribution is 5.94. The van der Waals surface area contributed by atoms with Gasteiger partial charge in [0, 0.05) is 5.56 Å². The Morgan fingerprint density at radius 1 is 0.923 bits per heavy atom. The molecule has 2 N–H and O–H groups in total. The van der Waals surface area contributed by atoms with Gasteiger partial charge in [0.15, 0.2) is 0 Å². The van der Waals surface area contributed by atoms with E-state index in [0.29, 0.717) is 18.8 Å². The van der Waals surface area contributed by atoms with Crippen molar-refractivity contribution in [3.8, 4) is 0 Å². The van der Waals surface area contributed by atoms with Crippen molar-refractivity contribution in [1.82, 2.24) is 5.32 Å². The number of rotatable bonds is 7. The summed E-state index contributed by atoms with van der Waals surface area (Å²) in [5.74, 6) is -0.113. The largest absolute Gasteiger partial charge is 0.394 e. The first-order chi connectivity index (χ1) is 12.7. The molecule has 1 amide bonds. The van der Waals surface area contributed by atoms with Crippen LogP contribution in [0.3, 0.4) is 0 Å². The molecule has 0 aliphatic heterocycles. The molecule has 26 heavy (non-hydrogen) atoms. The van der Waals surface area contributed by atoms with Crippen LogP contribution in [0.25, 0.3) is 0 Å². The minimum atomic E-state index is -0.452. The van der Waals surface area contributed by atoms with Crippen LogP contribution in [0.15, 0.2) is 54.6 Å². The average molecular weight is 353 g/mol. The Hall–Kier alpha value is -2.17. The van der Waals surface area contributed by atoms with E-state index in [1.165, 1.54) is 6.42 Å². The Balaban J connectivity index is 1.52. The Morgan fingerprint density at radius 3 is 2.15 bits per heavy atom. The zero-order chi connectivity index (χ0) is 18.2. The molecule has 3 rings (SSSR count). The van der Waals surface area contributed by atoms with Crippen LogP contribution in [-0.4, -0.2) is 23.2 Å². The van der Waals surface area contributed by atoms with Gasteiger partial charge in [0.1, 0.15) is 0 Å². The molecule has 2 aromatic carbocycles. The molecule has 0 unspecified atom stereocenters. The van der Waals surface area contributed by atoms with Gasteiger partial charge in [-0.25, -0.2) is 0 Å². The predicted molar refractivity (Wildman–Crippen MR) is 102 cm³/mol. The summed E-state index contributed by atoms with van der Waals surface area (Å²) in [6.07, 6.45) is 4.98. The molecule has 0 atom stereocenters. The van der Waals surface area contributed by atoms with Gasteiger partial charge in [-0.05, 0) is 36.1 Å². The van der Waals surface area contributed by atoms with Crippen molar-refractivity contribution in [3.05, 3.63) is 71.3 Å². The van der Waals surface area contributed by atoms with E-state index in [9.17, 15) is 9.90 Å². The fraction of sp³-hybridized carbons (Fsp3) is 0.409. The molecule has 2 aromatic rings. The highest BCUT2D eigenvalue weighted by Crippen LogP contribution is 2.28. The predicted octanol–water partition coefficient (Wildman–Crippen LogP) is 3.83. The van der Waals surface area contributed by atoms with Crippen molar-refractivity contribution in [1.29, 1.82) is 0 Å². The molecular weight excluding hydrogens is 326 g/mol. The molecule has 0 spiro atoms. The maximum atomic E-state index is 12.5. The molecule has 1 aliphatic carbocycles. The maximum absolute atomic E-state index is 12.5. The third-order valence-electron chi connectivity index (χ3n) is 5.09. The molecule has 0 saturated heterocycles. The Kier molecular flexibility index (Phi) is 6.42. The fourth-order valence-corrected chi connectivity index (χ4v) is 3.48. The van der Waals surface area contributed by atoms with Gasteiger partial charge in [-0.1, -0.05) is 61.7 Å². The number of ether oxygens (including phenoxy) is 1. The lowest BCUT2D eigenvalue weighted by Crippen LogP contribution is -2.52. The Labute approximate surface area is 155 Å². The zero-order valence-electron chi connectivity index (χ0n) is 15.1. The second-order valence-corrected chi connectivity index (χ2v) is 7.13. The van der Waals surface area contributed by atoms with Crippen LogP contribution < -0.4 is 5.32 Å². The van der Waals surface area contributed by atoms with Crippen molar-refractivity contribution >= 4 is 5.91 Å². The molecule has 4 nitrogen and oxygen atoms in total. The average Bonchev–Trinajstić information content (AvgIpc) is 2.70. The van der Waals surface area contributed by atoms with Crippen molar-refractivity contribution in [2.75, 3.05) is 6.61 Å². The summed E-state index contributed by atoms with van der Waals surface area (Å²) in [6, 6.07) is 17.6. The van der Waals surface area contributed by atoms with Crippen LogP contribution in [0.2, 0.25) is 0 Å². The van der Waals surface area contributed by atoms with Crippen molar-refractivity contribution < 1.29 is 14.6 Å². The molecule has 1 saturated carbocycles. The van der Waals surface area contributed by atoms with Crippen LogP contribution in [0, 0.1) is 0 Å². The molecule has 4 heteroatoms. The van der Waals surface area contributed by atoms with Gasteiger partial charge in [0.05, 0.1) is 25.4 Å². The van der Waals surface area contributed by atoms with Gasteiger partial charge >= 0.3 is 0 Å². The number of aliphatic hydroxyl groups excluding tert-OH is 1. The van der Waals surface area contributed by atoms with E-state index in [1.54, 1.807) is 0 Å². The van der Waals surface area contributed by atoms with Gasteiger partial charge in [0.2, 0.25) is 0 Å². The monoisotopic (exact) mass is 353 g/mol. The van der Waals surface area contributed by atoms with Crippen LogP contribution >= 0.6 is 0 Å². The van der Waals surface area contributed by atoms with E-state index in [-0.39, 0.29) is 12.5 Å². The van der Waals surface area contributed by atoms with Gasteiger partial charge < -0.3 is 15.2 Å². The highest BCUT2D eigenvalue weighted by Gasteiger charge is 2.33. The number of hydrogen-bond donors (Lipinski definition) is 2. The Morgan fingerprint density at radius 2 is 1.54 bits per heavy atom. The van der Waals surface area contributed by atoms with Crippen LogP contribution in [0.4, 0.5) is 0 Å². The number of carbonyl (C=O) groups excluding carboxylic acids is 1. The summed E-state index contributed by atoms with van der Waals surface area (Å²) < 4.78 is 5.73. The number of amides is 1. The summed E-state index contributed by atoms with van der Waals surface area (Å²) in [5, 5.41) is 12.8. The SMILES string of the molecule is O=C(NC1(CO)CCCCC1)c1ccc(COCc2ccccc2)cc1. The first-order valence-electron chi connectivity index (χ1n) is 9.35. The van der Waals surface area contributed by atoms with Gasteiger partial charge in [-0.15, -0.1) is 0 Å². The van der Waals surface area contributed by atoms with E-state index in [4.69, 9.17) is 4.74 Å². The minimum absolute atomic E-state index is 0.00412. The van der Waals surface area contributed by atoms with E-state index in [0.717, 1.165) is 36.8 Å². The van der Waals surface area contributed by atoms with Gasteiger partial charge in [-0.3, -0.25) is 4.79 Å². The normalized spacial score (nSPS) is 16.2. The third-order valence-corrected chi connectivity index (χ3v) is 5.09. The lowest BCUT2D eigenvalue weighted by molar-refractivity contribution is 0.0758. The summed E-state index contributed by atoms with van der Waals surface area (Å²) in [7, 11) is 0. The second-order valence-electron chi connectivity index (χ2n) is 7.13. The summed E-state index contributed by atoms with van der Waals surface area (Å²) in [5.41, 5.74) is 2.35. The Bertz CT molecular complexity index is 691. The van der Waals surface area contributed by atoms with Crippen LogP contribution in [0.5, 0.6) is 0 Å². The van der Waals surface area contributed by atoms with Crippen molar-refractivity contribution in [2.45, 2.75) is 50.9 Å². The van der Waals surface area contributed by atoms with Gasteiger partial charge in [0.25, 0.3) is 5.91 Å². The topological polar surface area (TPSA) is 58.6 Å². The lowest BCUT2D eigenvalue weighted by Gasteiger charge is -2.36. The van der Waals surface area contributed by atoms with Crippen molar-refractivity contribution in [2.24, 2.45) is 0 Å². The molecule has 1 aliphatic rings. The molecule has 0 heterocycles.